The monoisotopic (exact) mass is 383 g/mol. The molecule has 1 aromatic rings. The number of pyridine rings is 1. The highest BCUT2D eigenvalue weighted by molar-refractivity contribution is 6.06. The molecule has 3 aliphatic heterocycles. The summed E-state index contributed by atoms with van der Waals surface area (Å²) in [5.74, 6) is 2.33. The molecule has 4 rings (SSSR count). The Morgan fingerprint density at radius 1 is 1.32 bits per heavy atom. The van der Waals surface area contributed by atoms with Crippen molar-refractivity contribution in [2.75, 3.05) is 55.4 Å². The van der Waals surface area contributed by atoms with Crippen LogP contribution in [0.5, 0.6) is 0 Å². The molecule has 0 bridgehead atoms. The first kappa shape index (κ1) is 18.7. The number of hydrogen-bond acceptors (Lipinski definition) is 6. The lowest BCUT2D eigenvalue weighted by Gasteiger charge is -2.25. The van der Waals surface area contributed by atoms with E-state index in [-0.39, 0.29) is 6.03 Å². The van der Waals surface area contributed by atoms with Crippen molar-refractivity contribution in [1.29, 1.82) is 0 Å². The number of carbonyl (C=O) groups excluding carboxylic acids is 1. The number of anilines is 3. The Labute approximate surface area is 166 Å². The fourth-order valence-corrected chi connectivity index (χ4v) is 3.90. The summed E-state index contributed by atoms with van der Waals surface area (Å²) in [6.07, 6.45) is 4.49. The summed E-state index contributed by atoms with van der Waals surface area (Å²) in [5, 5.41) is 6.36. The first-order valence-corrected chi connectivity index (χ1v) is 9.98. The van der Waals surface area contributed by atoms with Gasteiger partial charge in [0.25, 0.3) is 0 Å². The fraction of sp³-hybridized carbons (Fsp3) is 0.550. The molecule has 0 radical (unpaired) electrons. The molecule has 8 heteroatoms. The van der Waals surface area contributed by atoms with Crippen LogP contribution in [0.2, 0.25) is 0 Å². The van der Waals surface area contributed by atoms with Gasteiger partial charge in [-0.15, -0.1) is 0 Å². The number of urea groups is 1. The lowest BCUT2D eigenvalue weighted by molar-refractivity contribution is 0.250. The summed E-state index contributed by atoms with van der Waals surface area (Å²) in [5.41, 5.74) is 2.06. The SMILES string of the molecule is CC1=CN=C(NC(=O)N2CCCNc3ccc(N4CC[C@H](N(C)C)C4)nc32)C1. The van der Waals surface area contributed by atoms with Crippen molar-refractivity contribution in [3.05, 3.63) is 23.9 Å². The predicted molar refractivity (Wildman–Crippen MR) is 113 cm³/mol. The highest BCUT2D eigenvalue weighted by Crippen LogP contribution is 2.31. The maximum Gasteiger partial charge on any atom is 0.328 e. The Hall–Kier alpha value is -2.61. The minimum Gasteiger partial charge on any atom is -0.382 e. The fourth-order valence-electron chi connectivity index (χ4n) is 3.90. The third-order valence-corrected chi connectivity index (χ3v) is 5.59. The molecule has 150 valence electrons. The Balaban J connectivity index is 1.55. The second kappa shape index (κ2) is 7.79. The number of carbonyl (C=O) groups is 1. The number of rotatable bonds is 2. The van der Waals surface area contributed by atoms with Crippen molar-refractivity contribution in [3.63, 3.8) is 0 Å². The zero-order valence-corrected chi connectivity index (χ0v) is 16.9. The van der Waals surface area contributed by atoms with Crippen LogP contribution in [-0.2, 0) is 0 Å². The van der Waals surface area contributed by atoms with Gasteiger partial charge in [0.05, 0.1) is 5.69 Å². The summed E-state index contributed by atoms with van der Waals surface area (Å²) in [6.45, 7) is 5.41. The van der Waals surface area contributed by atoms with Gasteiger partial charge in [0, 0.05) is 44.8 Å². The van der Waals surface area contributed by atoms with E-state index in [0.717, 1.165) is 49.6 Å². The number of amidine groups is 1. The van der Waals surface area contributed by atoms with Crippen LogP contribution in [0.15, 0.2) is 28.9 Å². The van der Waals surface area contributed by atoms with Crippen LogP contribution in [0, 0.1) is 0 Å². The zero-order chi connectivity index (χ0) is 19.7. The normalized spacial score (nSPS) is 21.8. The first-order valence-electron chi connectivity index (χ1n) is 9.98. The van der Waals surface area contributed by atoms with E-state index in [4.69, 9.17) is 4.98 Å². The Morgan fingerprint density at radius 3 is 2.89 bits per heavy atom. The van der Waals surface area contributed by atoms with Crippen molar-refractivity contribution in [2.24, 2.45) is 4.99 Å². The highest BCUT2D eigenvalue weighted by atomic mass is 16.2. The van der Waals surface area contributed by atoms with Crippen molar-refractivity contribution in [2.45, 2.75) is 32.2 Å². The van der Waals surface area contributed by atoms with Gasteiger partial charge < -0.3 is 15.1 Å². The van der Waals surface area contributed by atoms with Gasteiger partial charge >= 0.3 is 6.03 Å². The molecule has 2 N–H and O–H groups in total. The third-order valence-electron chi connectivity index (χ3n) is 5.59. The van der Waals surface area contributed by atoms with Crippen LogP contribution in [-0.4, -0.2) is 68.1 Å². The number of aliphatic imine (C=N–C) groups is 1. The number of aromatic nitrogens is 1. The third kappa shape index (κ3) is 3.82. The van der Waals surface area contributed by atoms with Gasteiger partial charge in [0.2, 0.25) is 0 Å². The minimum atomic E-state index is -0.163. The molecule has 3 aliphatic rings. The van der Waals surface area contributed by atoms with E-state index in [1.165, 1.54) is 0 Å². The molecule has 0 unspecified atom stereocenters. The summed E-state index contributed by atoms with van der Waals surface area (Å²) in [4.78, 5) is 28.5. The zero-order valence-electron chi connectivity index (χ0n) is 16.9. The standard InChI is InChI=1S/C20H29N7O/c1-14-11-17(22-12-14)23-20(28)27-9-4-8-21-16-5-6-18(24-19(16)27)26-10-7-15(13-26)25(2)3/h5-6,12,15,21H,4,7-11,13H2,1-3H3,(H,22,23,28)/t15-/m0/s1. The number of likely N-dealkylation sites (N-methyl/N-ethyl adjacent to an activating group) is 1. The summed E-state index contributed by atoms with van der Waals surface area (Å²) in [6, 6.07) is 4.48. The molecule has 1 aromatic heterocycles. The van der Waals surface area contributed by atoms with Crippen LogP contribution >= 0.6 is 0 Å². The topological polar surface area (TPSA) is 76.1 Å². The van der Waals surface area contributed by atoms with Gasteiger partial charge in [-0.1, -0.05) is 0 Å². The van der Waals surface area contributed by atoms with E-state index in [9.17, 15) is 4.79 Å². The molecular formula is C20H29N7O. The number of nitrogens with zero attached hydrogens (tertiary/aromatic N) is 5. The Morgan fingerprint density at radius 2 is 2.18 bits per heavy atom. The van der Waals surface area contributed by atoms with Crippen LogP contribution in [0.25, 0.3) is 0 Å². The van der Waals surface area contributed by atoms with Gasteiger partial charge in [-0.2, -0.15) is 0 Å². The highest BCUT2D eigenvalue weighted by Gasteiger charge is 2.28. The molecule has 0 aromatic carbocycles. The van der Waals surface area contributed by atoms with Crippen LogP contribution in [0.1, 0.15) is 26.2 Å². The molecule has 0 spiro atoms. The second-order valence-corrected chi connectivity index (χ2v) is 7.98. The van der Waals surface area contributed by atoms with Crippen molar-refractivity contribution < 1.29 is 4.79 Å². The van der Waals surface area contributed by atoms with Crippen LogP contribution < -0.4 is 20.4 Å². The summed E-state index contributed by atoms with van der Waals surface area (Å²) >= 11 is 0. The second-order valence-electron chi connectivity index (χ2n) is 7.98. The van der Waals surface area contributed by atoms with E-state index in [2.05, 4.69) is 45.6 Å². The van der Waals surface area contributed by atoms with Gasteiger partial charge in [-0.05, 0) is 51.6 Å². The van der Waals surface area contributed by atoms with E-state index >= 15 is 0 Å². The average molecular weight is 384 g/mol. The number of nitrogens with one attached hydrogen (secondary N) is 2. The summed E-state index contributed by atoms with van der Waals surface area (Å²) in [7, 11) is 4.24. The maximum atomic E-state index is 13.0. The van der Waals surface area contributed by atoms with E-state index < -0.39 is 0 Å². The lowest BCUT2D eigenvalue weighted by Crippen LogP contribution is -2.43. The van der Waals surface area contributed by atoms with E-state index in [1.54, 1.807) is 11.1 Å². The average Bonchev–Trinajstić information content (AvgIpc) is 3.26. The molecule has 4 heterocycles. The Bertz CT molecular complexity index is 817. The van der Waals surface area contributed by atoms with Crippen molar-refractivity contribution >= 4 is 29.2 Å². The first-order chi connectivity index (χ1) is 13.5. The Kier molecular flexibility index (Phi) is 5.21. The molecule has 28 heavy (non-hydrogen) atoms. The summed E-state index contributed by atoms with van der Waals surface area (Å²) < 4.78 is 0. The molecule has 0 aliphatic carbocycles. The minimum absolute atomic E-state index is 0.163. The largest absolute Gasteiger partial charge is 0.382 e. The smallest absolute Gasteiger partial charge is 0.328 e. The van der Waals surface area contributed by atoms with Crippen LogP contribution in [0.3, 0.4) is 0 Å². The molecule has 0 saturated carbocycles. The van der Waals surface area contributed by atoms with Gasteiger partial charge in [-0.25, -0.2) is 14.8 Å². The van der Waals surface area contributed by atoms with Crippen LogP contribution in [0.4, 0.5) is 22.1 Å². The van der Waals surface area contributed by atoms with Crippen molar-refractivity contribution in [1.82, 2.24) is 15.2 Å². The predicted octanol–water partition coefficient (Wildman–Crippen LogP) is 2.26. The van der Waals surface area contributed by atoms with Crippen molar-refractivity contribution in [3.8, 4) is 0 Å². The molecule has 2 amide bonds. The number of amides is 2. The molecule has 1 atom stereocenters. The molecule has 1 fully saturated rings. The quantitative estimate of drug-likeness (QED) is 0.819. The number of hydrogen-bond donors (Lipinski definition) is 2. The van der Waals surface area contributed by atoms with E-state index in [1.807, 2.05) is 13.0 Å². The van der Waals surface area contributed by atoms with Gasteiger partial charge in [0.1, 0.15) is 11.7 Å². The number of fused-ring (bicyclic) bond motifs is 1. The molecule has 8 nitrogen and oxygen atoms in total. The molecular weight excluding hydrogens is 354 g/mol. The van der Waals surface area contributed by atoms with Gasteiger partial charge in [0.15, 0.2) is 5.82 Å². The van der Waals surface area contributed by atoms with E-state index in [0.29, 0.717) is 30.7 Å². The maximum absolute atomic E-state index is 13.0. The van der Waals surface area contributed by atoms with Gasteiger partial charge in [-0.3, -0.25) is 10.2 Å². The molecule has 1 saturated heterocycles. The lowest BCUT2D eigenvalue weighted by atomic mass is 10.2.